The maximum absolute atomic E-state index is 2.48. The van der Waals surface area contributed by atoms with Crippen LogP contribution in [0.3, 0.4) is 0 Å². The number of allylic oxidation sites excluding steroid dienone is 2. The Bertz CT molecular complexity index is 1050. The van der Waals surface area contributed by atoms with Crippen molar-refractivity contribution in [2.75, 3.05) is 0 Å². The predicted octanol–water partition coefficient (Wildman–Crippen LogP) is 5.47. The minimum absolute atomic E-state index is 0.176. The Morgan fingerprint density at radius 2 is 1.43 bits per heavy atom. The highest BCUT2D eigenvalue weighted by Crippen LogP contribution is 2.72. The third kappa shape index (κ3) is 1.22. The van der Waals surface area contributed by atoms with Crippen LogP contribution >= 0.6 is 0 Å². The summed E-state index contributed by atoms with van der Waals surface area (Å²) in [6, 6.07) is 22.3. The van der Waals surface area contributed by atoms with E-state index in [1.807, 2.05) is 0 Å². The van der Waals surface area contributed by atoms with Gasteiger partial charge in [0.15, 0.2) is 0 Å². The minimum Gasteiger partial charge on any atom is -0.0721 e. The Balaban J connectivity index is 1.69. The molecule has 0 heteroatoms. The fourth-order valence-electron chi connectivity index (χ4n) is 5.03. The second kappa shape index (κ2) is 3.65. The van der Waals surface area contributed by atoms with Gasteiger partial charge in [0, 0.05) is 10.8 Å². The summed E-state index contributed by atoms with van der Waals surface area (Å²) in [6.45, 7) is 0. The maximum Gasteiger partial charge on any atom is 0.0285 e. The van der Waals surface area contributed by atoms with E-state index in [1.165, 1.54) is 39.4 Å². The summed E-state index contributed by atoms with van der Waals surface area (Å²) in [4.78, 5) is 0. The molecule has 0 bridgehead atoms. The first-order valence-electron chi connectivity index (χ1n) is 8.34. The van der Waals surface area contributed by atoms with Crippen molar-refractivity contribution in [3.8, 4) is 0 Å². The zero-order valence-electron chi connectivity index (χ0n) is 12.8. The summed E-state index contributed by atoms with van der Waals surface area (Å²) in [5.41, 5.74) is 6.17. The van der Waals surface area contributed by atoms with Crippen LogP contribution in [0.1, 0.15) is 28.7 Å². The highest BCUT2D eigenvalue weighted by molar-refractivity contribution is 5.95. The molecule has 2 atom stereocenters. The molecule has 0 aromatic heterocycles. The molecule has 2 unspecified atom stereocenters. The van der Waals surface area contributed by atoms with Gasteiger partial charge in [-0.1, -0.05) is 85.0 Å². The molecule has 1 fully saturated rings. The summed E-state index contributed by atoms with van der Waals surface area (Å²) in [5.74, 6) is 0. The summed E-state index contributed by atoms with van der Waals surface area (Å²) in [7, 11) is 0. The third-order valence-electron chi connectivity index (χ3n) is 6.20. The van der Waals surface area contributed by atoms with E-state index in [1.54, 1.807) is 0 Å². The predicted molar refractivity (Wildman–Crippen MR) is 96.4 cm³/mol. The van der Waals surface area contributed by atoms with Gasteiger partial charge in [0.1, 0.15) is 0 Å². The molecular formula is C23H16. The molecule has 3 aromatic carbocycles. The molecule has 0 amide bonds. The molecule has 0 heterocycles. The molecule has 23 heavy (non-hydrogen) atoms. The summed E-state index contributed by atoms with van der Waals surface area (Å²) < 4.78 is 0. The summed E-state index contributed by atoms with van der Waals surface area (Å²) in [6.07, 6.45) is 10.9. The van der Waals surface area contributed by atoms with Crippen molar-refractivity contribution in [2.24, 2.45) is 0 Å². The van der Waals surface area contributed by atoms with Crippen LogP contribution in [0.15, 0.2) is 72.8 Å². The van der Waals surface area contributed by atoms with Gasteiger partial charge in [0.25, 0.3) is 0 Å². The SMILES string of the molecule is C1=CC23CC2(C=Cc2c3ccc3ccccc23)c2ccccc21. The zero-order valence-corrected chi connectivity index (χ0v) is 12.8. The van der Waals surface area contributed by atoms with Gasteiger partial charge < -0.3 is 0 Å². The van der Waals surface area contributed by atoms with Gasteiger partial charge in [-0.3, -0.25) is 0 Å². The Morgan fingerprint density at radius 3 is 2.43 bits per heavy atom. The van der Waals surface area contributed by atoms with E-state index in [2.05, 4.69) is 85.0 Å². The lowest BCUT2D eigenvalue weighted by atomic mass is 9.71. The first-order chi connectivity index (χ1) is 11.3. The number of rotatable bonds is 0. The van der Waals surface area contributed by atoms with Crippen molar-refractivity contribution in [3.05, 3.63) is 95.1 Å². The molecule has 3 aliphatic rings. The smallest absolute Gasteiger partial charge is 0.0285 e. The average molecular weight is 292 g/mol. The molecule has 0 nitrogen and oxygen atoms in total. The first-order valence-corrected chi connectivity index (χ1v) is 8.34. The number of hydrogen-bond acceptors (Lipinski definition) is 0. The van der Waals surface area contributed by atoms with Crippen LogP contribution in [0, 0.1) is 0 Å². The van der Waals surface area contributed by atoms with E-state index in [-0.39, 0.29) is 10.8 Å². The van der Waals surface area contributed by atoms with Crippen molar-refractivity contribution < 1.29 is 0 Å². The van der Waals surface area contributed by atoms with Crippen LogP contribution in [-0.2, 0) is 10.8 Å². The molecule has 3 aliphatic carbocycles. The standard InChI is InChI=1S/C23H16/c1-3-7-18-16(5-1)9-10-21-19(18)12-14-22-15-23(21,22)13-11-17-6-2-4-8-20(17)22/h1-14H,15H2. The van der Waals surface area contributed by atoms with Crippen LogP contribution in [-0.4, -0.2) is 0 Å². The van der Waals surface area contributed by atoms with E-state index >= 15 is 0 Å². The van der Waals surface area contributed by atoms with E-state index in [0.29, 0.717) is 0 Å². The van der Waals surface area contributed by atoms with Crippen molar-refractivity contribution >= 4 is 22.9 Å². The molecule has 6 rings (SSSR count). The summed E-state index contributed by atoms with van der Waals surface area (Å²) in [5, 5.41) is 2.71. The normalized spacial score (nSPS) is 28.7. The lowest BCUT2D eigenvalue weighted by molar-refractivity contribution is 0.720. The van der Waals surface area contributed by atoms with Crippen LogP contribution < -0.4 is 0 Å². The Hall–Kier alpha value is -2.60. The summed E-state index contributed by atoms with van der Waals surface area (Å²) >= 11 is 0. The Labute approximate surface area is 135 Å². The van der Waals surface area contributed by atoms with Gasteiger partial charge in [0.05, 0.1) is 0 Å². The molecule has 0 aliphatic heterocycles. The minimum atomic E-state index is 0.176. The van der Waals surface area contributed by atoms with Gasteiger partial charge in [0.2, 0.25) is 0 Å². The van der Waals surface area contributed by atoms with Crippen LogP contribution in [0.2, 0.25) is 0 Å². The zero-order chi connectivity index (χ0) is 15.1. The number of fused-ring (bicyclic) bond motifs is 4. The fourth-order valence-corrected chi connectivity index (χ4v) is 5.03. The van der Waals surface area contributed by atoms with Gasteiger partial charge in [-0.2, -0.15) is 0 Å². The highest BCUT2D eigenvalue weighted by Gasteiger charge is 2.69. The lowest BCUT2D eigenvalue weighted by Crippen LogP contribution is -2.25. The van der Waals surface area contributed by atoms with Crippen molar-refractivity contribution in [1.29, 1.82) is 0 Å². The monoisotopic (exact) mass is 292 g/mol. The Morgan fingerprint density at radius 1 is 0.652 bits per heavy atom. The molecule has 0 spiro atoms. The van der Waals surface area contributed by atoms with E-state index in [0.717, 1.165) is 0 Å². The average Bonchev–Trinajstić information content (AvgIpc) is 3.33. The lowest BCUT2D eigenvalue weighted by Gasteiger charge is -2.32. The second-order valence-electron chi connectivity index (χ2n) is 7.12. The van der Waals surface area contributed by atoms with Gasteiger partial charge >= 0.3 is 0 Å². The fraction of sp³-hybridized carbons (Fsp3) is 0.130. The Kier molecular flexibility index (Phi) is 1.89. The maximum atomic E-state index is 2.48. The van der Waals surface area contributed by atoms with Crippen molar-refractivity contribution in [2.45, 2.75) is 17.3 Å². The highest BCUT2D eigenvalue weighted by atomic mass is 14.7. The quantitative estimate of drug-likeness (QED) is 0.515. The third-order valence-corrected chi connectivity index (χ3v) is 6.20. The molecule has 0 N–H and O–H groups in total. The largest absolute Gasteiger partial charge is 0.0721 e. The van der Waals surface area contributed by atoms with Gasteiger partial charge in [-0.05, 0) is 39.4 Å². The molecular weight excluding hydrogens is 276 g/mol. The molecule has 0 saturated heterocycles. The van der Waals surface area contributed by atoms with Crippen LogP contribution in [0.25, 0.3) is 22.9 Å². The molecule has 1 saturated carbocycles. The van der Waals surface area contributed by atoms with Gasteiger partial charge in [-0.15, -0.1) is 0 Å². The van der Waals surface area contributed by atoms with Crippen LogP contribution in [0.4, 0.5) is 0 Å². The second-order valence-corrected chi connectivity index (χ2v) is 7.12. The van der Waals surface area contributed by atoms with Crippen molar-refractivity contribution in [1.82, 2.24) is 0 Å². The van der Waals surface area contributed by atoms with E-state index < -0.39 is 0 Å². The molecule has 3 aromatic rings. The van der Waals surface area contributed by atoms with Crippen molar-refractivity contribution in [3.63, 3.8) is 0 Å². The van der Waals surface area contributed by atoms with E-state index in [9.17, 15) is 0 Å². The van der Waals surface area contributed by atoms with Crippen LogP contribution in [0.5, 0.6) is 0 Å². The molecule has 108 valence electrons. The van der Waals surface area contributed by atoms with E-state index in [4.69, 9.17) is 0 Å². The first kappa shape index (κ1) is 11.9. The number of benzene rings is 3. The topological polar surface area (TPSA) is 0 Å². The number of hydrogen-bond donors (Lipinski definition) is 0. The molecule has 0 radical (unpaired) electrons. The van der Waals surface area contributed by atoms with Gasteiger partial charge in [-0.25, -0.2) is 0 Å².